The number of carbonyl (C=O) groups excluding carboxylic acids is 1. The predicted octanol–water partition coefficient (Wildman–Crippen LogP) is 5.49. The number of hydrogen-bond acceptors (Lipinski definition) is 2. The molecule has 3 nitrogen and oxygen atoms in total. The van der Waals surface area contributed by atoms with E-state index in [1.54, 1.807) is 0 Å². The molecular formula is C15H12Cl4N2O. The molecule has 2 rings (SSSR count). The topological polar surface area (TPSA) is 42.0 Å². The van der Waals surface area contributed by atoms with Crippen molar-refractivity contribution in [3.05, 3.63) is 61.3 Å². The average molecular weight is 378 g/mol. The molecule has 0 saturated heterocycles. The summed E-state index contributed by atoms with van der Waals surface area (Å²) in [7, 11) is 0. The maximum Gasteiger partial charge on any atom is 0.272 e. The van der Waals surface area contributed by atoms with Crippen molar-refractivity contribution in [3.8, 4) is 0 Å². The van der Waals surface area contributed by atoms with Gasteiger partial charge in [-0.05, 0) is 25.0 Å². The lowest BCUT2D eigenvalue weighted by Gasteiger charge is -2.17. The maximum absolute atomic E-state index is 12.4. The molecular weight excluding hydrogens is 366 g/mol. The van der Waals surface area contributed by atoms with E-state index in [1.807, 2.05) is 38.1 Å². The van der Waals surface area contributed by atoms with E-state index in [0.717, 1.165) is 11.1 Å². The highest BCUT2D eigenvalue weighted by Crippen LogP contribution is 2.36. The lowest BCUT2D eigenvalue weighted by molar-refractivity contribution is 0.0935. The molecule has 7 heteroatoms. The summed E-state index contributed by atoms with van der Waals surface area (Å²) in [5.74, 6) is -0.471. The van der Waals surface area contributed by atoms with Gasteiger partial charge in [-0.15, -0.1) is 0 Å². The number of amides is 1. The smallest absolute Gasteiger partial charge is 0.272 e. The third-order valence-electron chi connectivity index (χ3n) is 3.20. The van der Waals surface area contributed by atoms with Crippen LogP contribution in [0.5, 0.6) is 0 Å². The molecule has 0 spiro atoms. The van der Waals surface area contributed by atoms with Crippen molar-refractivity contribution in [3.63, 3.8) is 0 Å². The Balaban J connectivity index is 2.29. The number of rotatable bonds is 3. The van der Waals surface area contributed by atoms with Crippen LogP contribution in [-0.4, -0.2) is 10.9 Å². The maximum atomic E-state index is 12.4. The van der Waals surface area contributed by atoms with Gasteiger partial charge in [0, 0.05) is 0 Å². The molecule has 0 aliphatic rings. The fraction of sp³-hybridized carbons (Fsp3) is 0.200. The van der Waals surface area contributed by atoms with Crippen LogP contribution in [0.25, 0.3) is 0 Å². The molecule has 22 heavy (non-hydrogen) atoms. The molecule has 0 aliphatic carbocycles. The molecule has 116 valence electrons. The summed E-state index contributed by atoms with van der Waals surface area (Å²) in [5, 5.41) is 2.77. The van der Waals surface area contributed by atoms with Crippen molar-refractivity contribution in [2.75, 3.05) is 0 Å². The summed E-state index contributed by atoms with van der Waals surface area (Å²) in [6.07, 6.45) is 0. The van der Waals surface area contributed by atoms with Gasteiger partial charge in [-0.3, -0.25) is 4.79 Å². The molecule has 1 unspecified atom stereocenters. The van der Waals surface area contributed by atoms with Crippen molar-refractivity contribution in [2.24, 2.45) is 0 Å². The molecule has 1 heterocycles. The van der Waals surface area contributed by atoms with Gasteiger partial charge in [0.1, 0.15) is 10.8 Å². The molecule has 1 atom stereocenters. The van der Waals surface area contributed by atoms with Crippen LogP contribution in [0.15, 0.2) is 24.3 Å². The van der Waals surface area contributed by atoms with Crippen molar-refractivity contribution >= 4 is 52.3 Å². The predicted molar refractivity (Wildman–Crippen MR) is 91.3 cm³/mol. The number of nitrogens with zero attached hydrogens (tertiary/aromatic N) is 1. The number of nitrogens with one attached hydrogen (secondary N) is 1. The lowest BCUT2D eigenvalue weighted by Crippen LogP contribution is -2.28. The molecule has 1 amide bonds. The van der Waals surface area contributed by atoms with Gasteiger partial charge in [0.05, 0.1) is 21.1 Å². The second-order valence-corrected chi connectivity index (χ2v) is 6.24. The van der Waals surface area contributed by atoms with E-state index >= 15 is 0 Å². The zero-order valence-corrected chi connectivity index (χ0v) is 14.8. The Morgan fingerprint density at radius 1 is 1.09 bits per heavy atom. The Bertz CT molecular complexity index is 734. The van der Waals surface area contributed by atoms with E-state index in [9.17, 15) is 4.79 Å². The first-order valence-electron chi connectivity index (χ1n) is 6.39. The van der Waals surface area contributed by atoms with E-state index in [-0.39, 0.29) is 32.0 Å². The third-order valence-corrected chi connectivity index (χ3v) is 4.88. The second-order valence-electron chi connectivity index (χ2n) is 4.74. The molecule has 1 N–H and O–H groups in total. The van der Waals surface area contributed by atoms with Crippen LogP contribution >= 0.6 is 46.4 Å². The van der Waals surface area contributed by atoms with Crippen LogP contribution in [0.1, 0.15) is 34.6 Å². The van der Waals surface area contributed by atoms with Crippen LogP contribution in [0, 0.1) is 6.92 Å². The van der Waals surface area contributed by atoms with Gasteiger partial charge in [0.25, 0.3) is 5.91 Å². The molecule has 1 aromatic carbocycles. The minimum absolute atomic E-state index is 0.0111. The monoisotopic (exact) mass is 376 g/mol. The Morgan fingerprint density at radius 3 is 2.36 bits per heavy atom. The molecule has 1 aromatic heterocycles. The Morgan fingerprint density at radius 2 is 1.73 bits per heavy atom. The van der Waals surface area contributed by atoms with Crippen molar-refractivity contribution in [1.29, 1.82) is 0 Å². The Labute approximate surface area is 148 Å². The summed E-state index contributed by atoms with van der Waals surface area (Å²) in [4.78, 5) is 16.3. The zero-order chi connectivity index (χ0) is 16.4. The van der Waals surface area contributed by atoms with Crippen molar-refractivity contribution in [2.45, 2.75) is 19.9 Å². The first-order valence-corrected chi connectivity index (χ1v) is 7.90. The second kappa shape index (κ2) is 7.05. The van der Waals surface area contributed by atoms with E-state index in [0.29, 0.717) is 0 Å². The fourth-order valence-electron chi connectivity index (χ4n) is 2.05. The van der Waals surface area contributed by atoms with E-state index in [2.05, 4.69) is 10.3 Å². The standard InChI is InChI=1S/C15H12Cl4N2O/c1-7-5-3-4-6-9(7)8(2)20-15(22)13-11(17)10(16)12(18)14(19)21-13/h3-6,8H,1-2H3,(H,20,22). The Kier molecular flexibility index (Phi) is 5.56. The van der Waals surface area contributed by atoms with Gasteiger partial charge >= 0.3 is 0 Å². The van der Waals surface area contributed by atoms with Crippen LogP contribution in [0.2, 0.25) is 20.2 Å². The summed E-state index contributed by atoms with van der Waals surface area (Å²) in [6.45, 7) is 3.84. The van der Waals surface area contributed by atoms with Gasteiger partial charge in [0.2, 0.25) is 0 Å². The van der Waals surface area contributed by atoms with E-state index in [1.165, 1.54) is 0 Å². The normalized spacial score (nSPS) is 12.1. The molecule has 2 aromatic rings. The summed E-state index contributed by atoms with van der Waals surface area (Å²) < 4.78 is 0. The fourth-order valence-corrected chi connectivity index (χ4v) is 2.87. The van der Waals surface area contributed by atoms with Gasteiger partial charge in [-0.1, -0.05) is 70.7 Å². The van der Waals surface area contributed by atoms with Gasteiger partial charge < -0.3 is 5.32 Å². The highest BCUT2D eigenvalue weighted by molar-refractivity contribution is 6.52. The van der Waals surface area contributed by atoms with Gasteiger partial charge in [-0.2, -0.15) is 0 Å². The van der Waals surface area contributed by atoms with Crippen molar-refractivity contribution < 1.29 is 4.79 Å². The lowest BCUT2D eigenvalue weighted by atomic mass is 10.0. The quantitative estimate of drug-likeness (QED) is 0.718. The van der Waals surface area contributed by atoms with E-state index in [4.69, 9.17) is 46.4 Å². The average Bonchev–Trinajstić information content (AvgIpc) is 2.49. The molecule has 0 aliphatic heterocycles. The SMILES string of the molecule is Cc1ccccc1C(C)NC(=O)c1nc(Cl)c(Cl)c(Cl)c1Cl. The van der Waals surface area contributed by atoms with Crippen LogP contribution in [0.4, 0.5) is 0 Å². The van der Waals surface area contributed by atoms with Gasteiger partial charge in [0.15, 0.2) is 0 Å². The summed E-state index contributed by atoms with van der Waals surface area (Å²) in [6, 6.07) is 7.53. The number of aromatic nitrogens is 1. The summed E-state index contributed by atoms with van der Waals surface area (Å²) >= 11 is 23.7. The molecule has 0 bridgehead atoms. The van der Waals surface area contributed by atoms with Crippen LogP contribution < -0.4 is 5.32 Å². The first-order chi connectivity index (χ1) is 10.3. The number of carbonyl (C=O) groups is 1. The number of halogens is 4. The summed E-state index contributed by atoms with van der Waals surface area (Å²) in [5.41, 5.74) is 2.01. The van der Waals surface area contributed by atoms with Crippen molar-refractivity contribution in [1.82, 2.24) is 10.3 Å². The van der Waals surface area contributed by atoms with Gasteiger partial charge in [-0.25, -0.2) is 4.98 Å². The zero-order valence-electron chi connectivity index (χ0n) is 11.8. The molecule has 0 radical (unpaired) electrons. The number of pyridine rings is 1. The minimum atomic E-state index is -0.471. The van der Waals surface area contributed by atoms with Crippen LogP contribution in [-0.2, 0) is 0 Å². The molecule has 0 fully saturated rings. The third kappa shape index (κ3) is 3.49. The number of benzene rings is 1. The Hall–Kier alpha value is -1.000. The van der Waals surface area contributed by atoms with Crippen LogP contribution in [0.3, 0.4) is 0 Å². The number of hydrogen-bond donors (Lipinski definition) is 1. The van der Waals surface area contributed by atoms with E-state index < -0.39 is 5.91 Å². The number of aryl methyl sites for hydroxylation is 1. The first kappa shape index (κ1) is 17.4. The molecule has 0 saturated carbocycles. The highest BCUT2D eigenvalue weighted by atomic mass is 35.5. The minimum Gasteiger partial charge on any atom is -0.344 e. The largest absolute Gasteiger partial charge is 0.344 e. The highest BCUT2D eigenvalue weighted by Gasteiger charge is 2.22.